The normalized spacial score (nSPS) is 11.6. The van der Waals surface area contributed by atoms with Crippen molar-refractivity contribution < 1.29 is 18.3 Å². The van der Waals surface area contributed by atoms with Crippen LogP contribution in [0, 0.1) is 13.8 Å². The first kappa shape index (κ1) is 19.9. The molecule has 26 heavy (non-hydrogen) atoms. The molecule has 0 bridgehead atoms. The highest BCUT2D eigenvalue weighted by Gasteiger charge is 2.25. The van der Waals surface area contributed by atoms with Crippen LogP contribution in [0.15, 0.2) is 41.3 Å². The Balaban J connectivity index is 2.46. The van der Waals surface area contributed by atoms with Gasteiger partial charge in [-0.1, -0.05) is 19.9 Å². The summed E-state index contributed by atoms with van der Waals surface area (Å²) in [5.41, 5.74) is 2.04. The van der Waals surface area contributed by atoms with E-state index in [1.807, 2.05) is 0 Å². The average molecular weight is 376 g/mol. The number of phenolic OH excluding ortho intramolecular Hbond substituents is 1. The Morgan fingerprint density at radius 2 is 1.77 bits per heavy atom. The van der Waals surface area contributed by atoms with Crippen molar-refractivity contribution in [3.05, 3.63) is 53.1 Å². The Labute approximate surface area is 154 Å². The average Bonchev–Trinajstić information content (AvgIpc) is 2.57. The van der Waals surface area contributed by atoms with Crippen molar-refractivity contribution in [1.82, 2.24) is 4.31 Å². The molecule has 0 aromatic heterocycles. The second-order valence-electron chi connectivity index (χ2n) is 6.01. The van der Waals surface area contributed by atoms with Crippen LogP contribution in [0.1, 0.15) is 35.3 Å². The minimum Gasteiger partial charge on any atom is -0.508 e. The summed E-state index contributed by atoms with van der Waals surface area (Å²) in [4.78, 5) is 12.7. The number of benzene rings is 2. The van der Waals surface area contributed by atoms with E-state index in [1.54, 1.807) is 45.9 Å². The first-order valence-corrected chi connectivity index (χ1v) is 9.86. The van der Waals surface area contributed by atoms with Crippen molar-refractivity contribution in [2.24, 2.45) is 0 Å². The minimum absolute atomic E-state index is 0.0349. The Bertz CT molecular complexity index is 919. The van der Waals surface area contributed by atoms with Gasteiger partial charge in [0, 0.05) is 30.4 Å². The van der Waals surface area contributed by atoms with Gasteiger partial charge in [0.05, 0.1) is 4.90 Å². The number of carbonyl (C=O) groups is 1. The van der Waals surface area contributed by atoms with Crippen LogP contribution in [0.2, 0.25) is 0 Å². The van der Waals surface area contributed by atoms with Gasteiger partial charge in [0.15, 0.2) is 0 Å². The number of carbonyl (C=O) groups excluding carboxylic acids is 1. The molecule has 0 spiro atoms. The van der Waals surface area contributed by atoms with Crippen molar-refractivity contribution >= 4 is 21.6 Å². The lowest BCUT2D eigenvalue weighted by molar-refractivity contribution is 0.102. The lowest BCUT2D eigenvalue weighted by Gasteiger charge is -2.21. The molecule has 0 heterocycles. The van der Waals surface area contributed by atoms with Crippen LogP contribution < -0.4 is 5.32 Å². The number of nitrogens with one attached hydrogen (secondary N) is 1. The summed E-state index contributed by atoms with van der Waals surface area (Å²) < 4.78 is 27.2. The number of rotatable bonds is 6. The Hall–Kier alpha value is -2.38. The SMILES string of the molecule is CCN(CC)S(=O)(=O)c1cc(C(=O)Nc2cccc(O)c2)cc(C)c1C. The maximum atomic E-state index is 12.9. The van der Waals surface area contributed by atoms with Gasteiger partial charge in [-0.25, -0.2) is 8.42 Å². The third-order valence-electron chi connectivity index (χ3n) is 4.31. The van der Waals surface area contributed by atoms with E-state index in [1.165, 1.54) is 22.5 Å². The molecule has 6 nitrogen and oxygen atoms in total. The number of nitrogens with zero attached hydrogens (tertiary/aromatic N) is 1. The van der Waals surface area contributed by atoms with E-state index in [4.69, 9.17) is 0 Å². The molecule has 0 radical (unpaired) electrons. The number of aromatic hydroxyl groups is 1. The zero-order valence-corrected chi connectivity index (χ0v) is 16.2. The quantitative estimate of drug-likeness (QED) is 0.810. The number of amides is 1. The number of hydrogen-bond acceptors (Lipinski definition) is 4. The van der Waals surface area contributed by atoms with Gasteiger partial charge in [-0.05, 0) is 49.2 Å². The van der Waals surface area contributed by atoms with Gasteiger partial charge in [-0.2, -0.15) is 4.31 Å². The summed E-state index contributed by atoms with van der Waals surface area (Å²) >= 11 is 0. The van der Waals surface area contributed by atoms with Crippen molar-refractivity contribution in [3.8, 4) is 5.75 Å². The van der Waals surface area contributed by atoms with Gasteiger partial charge in [0.25, 0.3) is 5.91 Å². The summed E-state index contributed by atoms with van der Waals surface area (Å²) in [6.07, 6.45) is 0. The molecule has 1 amide bonds. The molecule has 0 saturated carbocycles. The van der Waals surface area contributed by atoms with Crippen molar-refractivity contribution in [2.75, 3.05) is 18.4 Å². The van der Waals surface area contributed by atoms with Crippen molar-refractivity contribution in [2.45, 2.75) is 32.6 Å². The lowest BCUT2D eigenvalue weighted by Crippen LogP contribution is -2.31. The van der Waals surface area contributed by atoms with Gasteiger partial charge in [-0.15, -0.1) is 0 Å². The molecule has 2 rings (SSSR count). The molecule has 7 heteroatoms. The topological polar surface area (TPSA) is 86.7 Å². The van der Waals surface area contributed by atoms with Crippen LogP contribution in [0.4, 0.5) is 5.69 Å². The molecule has 0 aliphatic carbocycles. The highest BCUT2D eigenvalue weighted by Crippen LogP contribution is 2.25. The molecule has 2 N–H and O–H groups in total. The third kappa shape index (κ3) is 4.05. The molecular weight excluding hydrogens is 352 g/mol. The van der Waals surface area contributed by atoms with Crippen LogP contribution in [-0.4, -0.2) is 36.8 Å². The fourth-order valence-electron chi connectivity index (χ4n) is 2.72. The molecule has 0 unspecified atom stereocenters. The summed E-state index contributed by atoms with van der Waals surface area (Å²) in [6.45, 7) is 7.79. The summed E-state index contributed by atoms with van der Waals surface area (Å²) in [6, 6.07) is 9.25. The molecule has 2 aromatic carbocycles. The van der Waals surface area contributed by atoms with Crippen LogP contribution in [0.3, 0.4) is 0 Å². The van der Waals surface area contributed by atoms with Crippen molar-refractivity contribution in [1.29, 1.82) is 0 Å². The molecule has 0 aliphatic heterocycles. The fourth-order valence-corrected chi connectivity index (χ4v) is 4.50. The Kier molecular flexibility index (Phi) is 6.05. The molecule has 2 aromatic rings. The molecule has 140 valence electrons. The van der Waals surface area contributed by atoms with E-state index in [-0.39, 0.29) is 16.2 Å². The van der Waals surface area contributed by atoms with E-state index in [0.29, 0.717) is 24.3 Å². The van der Waals surface area contributed by atoms with Gasteiger partial charge in [-0.3, -0.25) is 4.79 Å². The zero-order chi connectivity index (χ0) is 19.5. The van der Waals surface area contributed by atoms with Gasteiger partial charge in [0.1, 0.15) is 5.75 Å². The van der Waals surface area contributed by atoms with Crippen LogP contribution in [-0.2, 0) is 10.0 Å². The molecule has 0 fully saturated rings. The fraction of sp³-hybridized carbons (Fsp3) is 0.316. The maximum Gasteiger partial charge on any atom is 0.255 e. The number of sulfonamides is 1. The largest absolute Gasteiger partial charge is 0.508 e. The number of aryl methyl sites for hydroxylation is 1. The van der Waals surface area contributed by atoms with Crippen LogP contribution in [0.25, 0.3) is 0 Å². The first-order valence-electron chi connectivity index (χ1n) is 8.42. The van der Waals surface area contributed by atoms with Gasteiger partial charge in [0.2, 0.25) is 10.0 Å². The molecule has 0 aliphatic rings. The Morgan fingerprint density at radius 3 is 2.35 bits per heavy atom. The van der Waals surface area contributed by atoms with E-state index < -0.39 is 15.9 Å². The Morgan fingerprint density at radius 1 is 1.12 bits per heavy atom. The highest BCUT2D eigenvalue weighted by atomic mass is 32.2. The van der Waals surface area contributed by atoms with Crippen LogP contribution >= 0.6 is 0 Å². The standard InChI is InChI=1S/C19H24N2O4S/c1-5-21(6-2)26(24,25)18-11-15(10-13(3)14(18)4)19(23)20-16-8-7-9-17(22)12-16/h7-12,22H,5-6H2,1-4H3,(H,20,23). The summed E-state index contributed by atoms with van der Waals surface area (Å²) in [7, 11) is -3.68. The monoisotopic (exact) mass is 376 g/mol. The molecule has 0 saturated heterocycles. The smallest absolute Gasteiger partial charge is 0.255 e. The number of anilines is 1. The van der Waals surface area contributed by atoms with E-state index in [0.717, 1.165) is 5.56 Å². The van der Waals surface area contributed by atoms with E-state index in [9.17, 15) is 18.3 Å². The van der Waals surface area contributed by atoms with Gasteiger partial charge < -0.3 is 10.4 Å². The zero-order valence-electron chi connectivity index (χ0n) is 15.4. The number of hydrogen-bond donors (Lipinski definition) is 2. The van der Waals surface area contributed by atoms with Crippen LogP contribution in [0.5, 0.6) is 5.75 Å². The summed E-state index contributed by atoms with van der Waals surface area (Å²) in [5.74, 6) is -0.401. The predicted molar refractivity (Wildman–Crippen MR) is 102 cm³/mol. The number of phenols is 1. The first-order chi connectivity index (χ1) is 12.2. The molecule has 0 atom stereocenters. The summed E-state index contributed by atoms with van der Waals surface area (Å²) in [5, 5.41) is 12.2. The maximum absolute atomic E-state index is 12.9. The highest BCUT2D eigenvalue weighted by molar-refractivity contribution is 7.89. The third-order valence-corrected chi connectivity index (χ3v) is 6.49. The molecular formula is C19H24N2O4S. The van der Waals surface area contributed by atoms with Crippen molar-refractivity contribution in [3.63, 3.8) is 0 Å². The second kappa shape index (κ2) is 7.88. The minimum atomic E-state index is -3.68. The second-order valence-corrected chi connectivity index (χ2v) is 7.92. The van der Waals surface area contributed by atoms with E-state index >= 15 is 0 Å². The lowest BCUT2D eigenvalue weighted by atomic mass is 10.1. The predicted octanol–water partition coefficient (Wildman–Crippen LogP) is 3.29. The van der Waals surface area contributed by atoms with E-state index in [2.05, 4.69) is 5.32 Å². The van der Waals surface area contributed by atoms with Gasteiger partial charge >= 0.3 is 0 Å².